The van der Waals surface area contributed by atoms with Gasteiger partial charge in [0.2, 0.25) is 0 Å². The first-order valence-electron chi connectivity index (χ1n) is 3.82. The molecule has 1 rings (SSSR count). The first-order valence-corrected chi connectivity index (χ1v) is 4.34. The lowest BCUT2D eigenvalue weighted by atomic mass is 10.1. The summed E-state index contributed by atoms with van der Waals surface area (Å²) in [5.74, 6) is 0. The number of nitrogens with two attached hydrogens (primary N) is 1. The number of aryl methyl sites for hydroxylation is 1. The number of benzene rings is 1. The van der Waals surface area contributed by atoms with E-state index in [2.05, 4.69) is 12.6 Å². The summed E-state index contributed by atoms with van der Waals surface area (Å²) in [5.41, 5.74) is 9.97. The van der Waals surface area contributed by atoms with Crippen molar-refractivity contribution in [1.82, 2.24) is 0 Å². The average Bonchev–Trinajstić information content (AvgIpc) is 2.08. The Bertz CT molecular complexity index is 316. The molecule has 2 N–H and O–H groups in total. The van der Waals surface area contributed by atoms with Crippen LogP contribution in [0.3, 0.4) is 0 Å². The number of allylic oxidation sites excluding steroid dienone is 1. The quantitative estimate of drug-likeness (QED) is 0.503. The first kappa shape index (κ1) is 9.20. The lowest BCUT2D eigenvalue weighted by Crippen LogP contribution is -1.90. The van der Waals surface area contributed by atoms with Gasteiger partial charge in [0.25, 0.3) is 0 Å². The number of thiol groups is 1. The van der Waals surface area contributed by atoms with E-state index < -0.39 is 0 Å². The summed E-state index contributed by atoms with van der Waals surface area (Å²) in [6.07, 6.45) is 0. The fourth-order valence-electron chi connectivity index (χ4n) is 0.960. The Kier molecular flexibility index (Phi) is 2.82. The van der Waals surface area contributed by atoms with Crippen molar-refractivity contribution in [3.05, 3.63) is 34.7 Å². The zero-order valence-corrected chi connectivity index (χ0v) is 8.23. The van der Waals surface area contributed by atoms with Gasteiger partial charge in [-0.05, 0) is 42.0 Å². The molecular weight excluding hydrogens is 166 g/mol. The van der Waals surface area contributed by atoms with Gasteiger partial charge in [0.05, 0.1) is 0 Å². The Balaban J connectivity index is 3.13. The van der Waals surface area contributed by atoms with Crippen LogP contribution in [-0.4, -0.2) is 0 Å². The van der Waals surface area contributed by atoms with E-state index in [9.17, 15) is 0 Å². The number of hydrogen-bond acceptors (Lipinski definition) is 2. The largest absolute Gasteiger partial charge is 0.398 e. The topological polar surface area (TPSA) is 26.0 Å². The maximum Gasteiger partial charge on any atom is 0.0349 e. The van der Waals surface area contributed by atoms with Crippen LogP contribution >= 0.6 is 12.6 Å². The highest BCUT2D eigenvalue weighted by molar-refractivity contribution is 7.83. The molecule has 0 spiro atoms. The Morgan fingerprint density at radius 3 is 2.67 bits per heavy atom. The molecule has 1 nitrogen and oxygen atoms in total. The molecule has 64 valence electrons. The second kappa shape index (κ2) is 3.68. The summed E-state index contributed by atoms with van der Waals surface area (Å²) in [6.45, 7) is 4.01. The monoisotopic (exact) mass is 179 g/mol. The fraction of sp³-hybridized carbons (Fsp3) is 0.200. The molecule has 0 radical (unpaired) electrons. The van der Waals surface area contributed by atoms with Crippen LogP contribution in [0.5, 0.6) is 0 Å². The zero-order valence-electron chi connectivity index (χ0n) is 7.33. The number of hydrogen-bond donors (Lipinski definition) is 2. The van der Waals surface area contributed by atoms with E-state index in [1.165, 1.54) is 0 Å². The molecule has 0 aromatic heterocycles. The molecular formula is C10H13NS. The van der Waals surface area contributed by atoms with E-state index >= 15 is 0 Å². The molecule has 0 aliphatic heterocycles. The molecule has 0 unspecified atom stereocenters. The van der Waals surface area contributed by atoms with Crippen LogP contribution < -0.4 is 5.73 Å². The minimum absolute atomic E-state index is 0.835. The van der Waals surface area contributed by atoms with Gasteiger partial charge in [-0.1, -0.05) is 12.1 Å². The SMILES string of the molecule is C/C(=C\S)c1ccc(C)c(N)c1. The summed E-state index contributed by atoms with van der Waals surface area (Å²) in [6, 6.07) is 6.04. The molecule has 0 saturated heterocycles. The molecule has 0 atom stereocenters. The first-order chi connectivity index (χ1) is 5.65. The van der Waals surface area contributed by atoms with Gasteiger partial charge in [-0.3, -0.25) is 0 Å². The predicted molar refractivity (Wildman–Crippen MR) is 58.2 cm³/mol. The summed E-state index contributed by atoms with van der Waals surface area (Å²) in [5, 5.41) is 1.78. The Morgan fingerprint density at radius 2 is 2.17 bits per heavy atom. The van der Waals surface area contributed by atoms with Crippen LogP contribution in [0.2, 0.25) is 0 Å². The molecule has 0 fully saturated rings. The average molecular weight is 179 g/mol. The highest BCUT2D eigenvalue weighted by Crippen LogP contribution is 2.19. The van der Waals surface area contributed by atoms with Crippen molar-refractivity contribution >= 4 is 23.9 Å². The molecule has 12 heavy (non-hydrogen) atoms. The lowest BCUT2D eigenvalue weighted by molar-refractivity contribution is 1.45. The smallest absolute Gasteiger partial charge is 0.0349 e. The van der Waals surface area contributed by atoms with E-state index in [1.807, 2.05) is 32.0 Å². The Labute approximate surface area is 78.7 Å². The van der Waals surface area contributed by atoms with Crippen LogP contribution in [0.4, 0.5) is 5.69 Å². The second-order valence-electron chi connectivity index (χ2n) is 2.88. The van der Waals surface area contributed by atoms with Gasteiger partial charge in [-0.2, -0.15) is 12.6 Å². The van der Waals surface area contributed by atoms with Gasteiger partial charge in [-0.25, -0.2) is 0 Å². The van der Waals surface area contributed by atoms with E-state index in [0.717, 1.165) is 22.4 Å². The predicted octanol–water partition coefficient (Wildman–Crippen LogP) is 2.87. The Morgan fingerprint density at radius 1 is 1.50 bits per heavy atom. The van der Waals surface area contributed by atoms with Crippen LogP contribution in [0, 0.1) is 6.92 Å². The van der Waals surface area contributed by atoms with Crippen LogP contribution in [0.1, 0.15) is 18.1 Å². The van der Waals surface area contributed by atoms with Crippen LogP contribution in [-0.2, 0) is 0 Å². The molecule has 2 heteroatoms. The van der Waals surface area contributed by atoms with Gasteiger partial charge in [-0.15, -0.1) is 0 Å². The summed E-state index contributed by atoms with van der Waals surface area (Å²) >= 11 is 4.08. The number of anilines is 1. The third kappa shape index (κ3) is 1.83. The van der Waals surface area contributed by atoms with Crippen molar-refractivity contribution in [2.24, 2.45) is 0 Å². The van der Waals surface area contributed by atoms with Crippen molar-refractivity contribution < 1.29 is 0 Å². The van der Waals surface area contributed by atoms with Gasteiger partial charge >= 0.3 is 0 Å². The molecule has 1 aromatic carbocycles. The van der Waals surface area contributed by atoms with Crippen molar-refractivity contribution in [2.75, 3.05) is 5.73 Å². The highest BCUT2D eigenvalue weighted by Gasteiger charge is 1.97. The molecule has 1 aromatic rings. The summed E-state index contributed by atoms with van der Waals surface area (Å²) in [4.78, 5) is 0. The third-order valence-corrected chi connectivity index (χ3v) is 2.32. The van der Waals surface area contributed by atoms with E-state index in [-0.39, 0.29) is 0 Å². The van der Waals surface area contributed by atoms with Crippen molar-refractivity contribution in [1.29, 1.82) is 0 Å². The van der Waals surface area contributed by atoms with Crippen LogP contribution in [0.25, 0.3) is 5.57 Å². The minimum atomic E-state index is 0.835. The zero-order chi connectivity index (χ0) is 9.14. The van der Waals surface area contributed by atoms with E-state index in [0.29, 0.717) is 0 Å². The maximum atomic E-state index is 5.76. The lowest BCUT2D eigenvalue weighted by Gasteiger charge is -2.04. The van der Waals surface area contributed by atoms with Crippen LogP contribution in [0.15, 0.2) is 23.6 Å². The summed E-state index contributed by atoms with van der Waals surface area (Å²) < 4.78 is 0. The maximum absolute atomic E-state index is 5.76. The minimum Gasteiger partial charge on any atom is -0.398 e. The normalized spacial score (nSPS) is 11.8. The van der Waals surface area contributed by atoms with Gasteiger partial charge in [0.1, 0.15) is 0 Å². The Hall–Kier alpha value is -0.890. The standard InChI is InChI=1S/C10H13NS/c1-7-3-4-9(5-10(7)11)8(2)6-12/h3-6,12H,11H2,1-2H3/b8-6+. The molecule has 0 aliphatic carbocycles. The van der Waals surface area contributed by atoms with Gasteiger partial charge in [0.15, 0.2) is 0 Å². The van der Waals surface area contributed by atoms with E-state index in [1.54, 1.807) is 5.41 Å². The number of rotatable bonds is 1. The van der Waals surface area contributed by atoms with Crippen molar-refractivity contribution in [3.63, 3.8) is 0 Å². The molecule has 0 heterocycles. The molecule has 0 amide bonds. The highest BCUT2D eigenvalue weighted by atomic mass is 32.1. The van der Waals surface area contributed by atoms with Crippen molar-refractivity contribution in [3.8, 4) is 0 Å². The van der Waals surface area contributed by atoms with Gasteiger partial charge in [0, 0.05) is 5.69 Å². The van der Waals surface area contributed by atoms with Gasteiger partial charge < -0.3 is 5.73 Å². The van der Waals surface area contributed by atoms with Crippen molar-refractivity contribution in [2.45, 2.75) is 13.8 Å². The second-order valence-corrected chi connectivity index (χ2v) is 3.14. The third-order valence-electron chi connectivity index (χ3n) is 1.93. The molecule has 0 saturated carbocycles. The molecule has 0 bridgehead atoms. The van der Waals surface area contributed by atoms with E-state index in [4.69, 9.17) is 5.73 Å². The summed E-state index contributed by atoms with van der Waals surface area (Å²) in [7, 11) is 0. The number of nitrogen functional groups attached to an aromatic ring is 1. The fourth-order valence-corrected chi connectivity index (χ4v) is 1.11. The molecule has 0 aliphatic rings.